The Labute approximate surface area is 157 Å². The molecule has 144 valence electrons. The van der Waals surface area contributed by atoms with Gasteiger partial charge in [-0.25, -0.2) is 22.3 Å². The summed E-state index contributed by atoms with van der Waals surface area (Å²) in [7, 11) is -1.60. The van der Waals surface area contributed by atoms with E-state index in [1.165, 1.54) is 21.3 Å². The molecule has 1 N–H and O–H groups in total. The van der Waals surface area contributed by atoms with E-state index in [9.17, 15) is 17.6 Å². The van der Waals surface area contributed by atoms with Gasteiger partial charge in [0.05, 0.1) is 23.3 Å². The van der Waals surface area contributed by atoms with Crippen molar-refractivity contribution in [3.63, 3.8) is 0 Å². The summed E-state index contributed by atoms with van der Waals surface area (Å²) in [5.41, 5.74) is 2.69. The van der Waals surface area contributed by atoms with Gasteiger partial charge in [0.2, 0.25) is 10.0 Å². The van der Waals surface area contributed by atoms with Crippen molar-refractivity contribution < 1.29 is 12.8 Å². The van der Waals surface area contributed by atoms with Crippen LogP contribution in [0.4, 0.5) is 4.39 Å². The maximum atomic E-state index is 13.6. The van der Waals surface area contributed by atoms with Gasteiger partial charge in [-0.1, -0.05) is 31.2 Å². The average Bonchev–Trinajstić information content (AvgIpc) is 2.85. The second-order valence-electron chi connectivity index (χ2n) is 6.52. The molecule has 8 heteroatoms. The van der Waals surface area contributed by atoms with Crippen LogP contribution >= 0.6 is 0 Å². The first kappa shape index (κ1) is 19.3. The lowest BCUT2D eigenvalue weighted by atomic mass is 10.1. The molecule has 1 aromatic heterocycles. The number of fused-ring (bicyclic) bond motifs is 1. The molecule has 6 nitrogen and oxygen atoms in total. The smallest absolute Gasteiger partial charge is 0.295 e. The van der Waals surface area contributed by atoms with E-state index in [0.717, 1.165) is 11.1 Å². The van der Waals surface area contributed by atoms with E-state index >= 15 is 0 Å². The van der Waals surface area contributed by atoms with E-state index in [-0.39, 0.29) is 18.0 Å². The predicted octanol–water partition coefficient (Wildman–Crippen LogP) is 2.36. The number of benzene rings is 2. The molecule has 2 aromatic carbocycles. The van der Waals surface area contributed by atoms with Gasteiger partial charge >= 0.3 is 5.69 Å². The summed E-state index contributed by atoms with van der Waals surface area (Å²) in [5, 5.41) is 0. The Morgan fingerprint density at radius 1 is 1.04 bits per heavy atom. The molecule has 0 spiro atoms. The second-order valence-corrected chi connectivity index (χ2v) is 8.44. The number of nitrogens with zero attached hydrogens (tertiary/aromatic N) is 2. The third-order valence-electron chi connectivity index (χ3n) is 4.44. The zero-order chi connectivity index (χ0) is 19.6. The molecule has 0 saturated heterocycles. The molecule has 0 atom stereocenters. The minimum atomic E-state index is -3.25. The van der Waals surface area contributed by atoms with E-state index in [1.807, 2.05) is 31.2 Å². The Morgan fingerprint density at radius 2 is 1.70 bits per heavy atom. The van der Waals surface area contributed by atoms with Gasteiger partial charge < -0.3 is 0 Å². The normalized spacial score (nSPS) is 12.0. The molecular formula is C19H22FN3O3S. The van der Waals surface area contributed by atoms with Gasteiger partial charge in [0.15, 0.2) is 0 Å². The molecule has 0 radical (unpaired) electrons. The van der Waals surface area contributed by atoms with Crippen LogP contribution in [0.3, 0.4) is 0 Å². The molecule has 0 bridgehead atoms. The third kappa shape index (κ3) is 4.28. The van der Waals surface area contributed by atoms with Gasteiger partial charge in [0, 0.05) is 13.6 Å². The van der Waals surface area contributed by atoms with Crippen molar-refractivity contribution in [2.24, 2.45) is 7.05 Å². The Hall–Kier alpha value is -2.45. The fourth-order valence-corrected chi connectivity index (χ4v) is 4.08. The SMILES string of the molecule is CCCS(=O)(=O)NCc1ccc(Cn2c(=O)n(C)c3ccc(F)cc32)cc1. The Morgan fingerprint density at radius 3 is 2.37 bits per heavy atom. The Balaban J connectivity index is 1.80. The molecular weight excluding hydrogens is 369 g/mol. The standard InChI is InChI=1S/C19H22FN3O3S/c1-3-10-27(25,26)21-12-14-4-6-15(7-5-14)13-23-18-11-16(20)8-9-17(18)22(2)19(23)24/h4-9,11,21H,3,10,12-13H2,1-2H3. The molecule has 0 saturated carbocycles. The number of aryl methyl sites for hydroxylation is 1. The van der Waals surface area contributed by atoms with Crippen LogP contribution in [0.15, 0.2) is 47.3 Å². The van der Waals surface area contributed by atoms with Crippen molar-refractivity contribution in [1.82, 2.24) is 13.9 Å². The van der Waals surface area contributed by atoms with E-state index in [4.69, 9.17) is 0 Å². The van der Waals surface area contributed by atoms with Crippen molar-refractivity contribution in [2.45, 2.75) is 26.4 Å². The number of imidazole rings is 1. The van der Waals surface area contributed by atoms with Crippen LogP contribution in [0.2, 0.25) is 0 Å². The first-order valence-electron chi connectivity index (χ1n) is 8.70. The average molecular weight is 391 g/mol. The lowest BCUT2D eigenvalue weighted by Gasteiger charge is -2.08. The predicted molar refractivity (Wildman–Crippen MR) is 104 cm³/mol. The van der Waals surface area contributed by atoms with E-state index < -0.39 is 15.8 Å². The summed E-state index contributed by atoms with van der Waals surface area (Å²) in [4.78, 5) is 12.5. The highest BCUT2D eigenvalue weighted by molar-refractivity contribution is 7.89. The fraction of sp³-hybridized carbons (Fsp3) is 0.316. The summed E-state index contributed by atoms with van der Waals surface area (Å²) in [6.45, 7) is 2.35. The Kier molecular flexibility index (Phi) is 5.48. The highest BCUT2D eigenvalue weighted by Gasteiger charge is 2.12. The van der Waals surface area contributed by atoms with Gasteiger partial charge in [-0.15, -0.1) is 0 Å². The van der Waals surface area contributed by atoms with Crippen LogP contribution in [0.5, 0.6) is 0 Å². The van der Waals surface area contributed by atoms with Gasteiger partial charge in [0.1, 0.15) is 5.82 Å². The molecule has 0 fully saturated rings. The summed E-state index contributed by atoms with van der Waals surface area (Å²) in [5.74, 6) is -0.289. The van der Waals surface area contributed by atoms with Gasteiger partial charge in [0.25, 0.3) is 0 Å². The van der Waals surface area contributed by atoms with Crippen LogP contribution in [0.25, 0.3) is 11.0 Å². The van der Waals surface area contributed by atoms with Crippen LogP contribution in [-0.2, 0) is 30.2 Å². The van der Waals surface area contributed by atoms with E-state index in [1.54, 1.807) is 13.1 Å². The number of halogens is 1. The summed E-state index contributed by atoms with van der Waals surface area (Å²) in [6, 6.07) is 11.6. The molecule has 0 amide bonds. The van der Waals surface area contributed by atoms with Gasteiger partial charge in [-0.3, -0.25) is 9.13 Å². The Bertz CT molecular complexity index is 1120. The summed E-state index contributed by atoms with van der Waals surface area (Å²) < 4.78 is 42.6. The lowest BCUT2D eigenvalue weighted by Crippen LogP contribution is -2.25. The van der Waals surface area contributed by atoms with Crippen LogP contribution in [0.1, 0.15) is 24.5 Å². The first-order chi connectivity index (χ1) is 12.8. The van der Waals surface area contributed by atoms with Crippen LogP contribution in [-0.4, -0.2) is 23.3 Å². The van der Waals surface area contributed by atoms with Gasteiger partial charge in [-0.05, 0) is 35.7 Å². The highest BCUT2D eigenvalue weighted by Crippen LogP contribution is 2.16. The minimum Gasteiger partial charge on any atom is -0.295 e. The maximum absolute atomic E-state index is 13.6. The zero-order valence-corrected chi connectivity index (χ0v) is 16.1. The highest BCUT2D eigenvalue weighted by atomic mass is 32.2. The molecule has 3 rings (SSSR count). The molecule has 27 heavy (non-hydrogen) atoms. The largest absolute Gasteiger partial charge is 0.329 e. The van der Waals surface area contributed by atoms with Crippen LogP contribution in [0, 0.1) is 5.82 Å². The van der Waals surface area contributed by atoms with Crippen molar-refractivity contribution in [2.75, 3.05) is 5.75 Å². The summed E-state index contributed by atoms with van der Waals surface area (Å²) in [6.07, 6.45) is 0.564. The molecule has 0 aliphatic rings. The molecule has 0 aliphatic heterocycles. The minimum absolute atomic E-state index is 0.103. The molecule has 0 unspecified atom stereocenters. The third-order valence-corrected chi connectivity index (χ3v) is 5.97. The lowest BCUT2D eigenvalue weighted by molar-refractivity contribution is 0.580. The number of nitrogens with one attached hydrogen (secondary N) is 1. The maximum Gasteiger partial charge on any atom is 0.329 e. The van der Waals surface area contributed by atoms with Crippen molar-refractivity contribution in [3.8, 4) is 0 Å². The number of rotatable bonds is 7. The molecule has 0 aliphatic carbocycles. The number of hydrogen-bond acceptors (Lipinski definition) is 3. The van der Waals surface area contributed by atoms with E-state index in [0.29, 0.717) is 24.0 Å². The van der Waals surface area contributed by atoms with Crippen molar-refractivity contribution in [3.05, 3.63) is 69.9 Å². The van der Waals surface area contributed by atoms with E-state index in [2.05, 4.69) is 4.72 Å². The van der Waals surface area contributed by atoms with Gasteiger partial charge in [-0.2, -0.15) is 0 Å². The fourth-order valence-electron chi connectivity index (χ4n) is 3.02. The van der Waals surface area contributed by atoms with Crippen molar-refractivity contribution >= 4 is 21.1 Å². The molecule has 1 heterocycles. The summed E-state index contributed by atoms with van der Waals surface area (Å²) >= 11 is 0. The van der Waals surface area contributed by atoms with Crippen LogP contribution < -0.4 is 10.4 Å². The monoisotopic (exact) mass is 391 g/mol. The van der Waals surface area contributed by atoms with Crippen molar-refractivity contribution in [1.29, 1.82) is 0 Å². The number of aromatic nitrogens is 2. The quantitative estimate of drug-likeness (QED) is 0.672. The first-order valence-corrected chi connectivity index (χ1v) is 10.4. The second kappa shape index (κ2) is 7.66. The zero-order valence-electron chi connectivity index (χ0n) is 15.3. The molecule has 3 aromatic rings. The number of sulfonamides is 1. The number of hydrogen-bond donors (Lipinski definition) is 1. The topological polar surface area (TPSA) is 73.1 Å².